The highest BCUT2D eigenvalue weighted by Gasteiger charge is 2.38. The fraction of sp³-hybridized carbons (Fsp3) is 0.583. The first kappa shape index (κ1) is 18.5. The molecule has 0 saturated carbocycles. The number of carbonyl (C=O) groups excluding carboxylic acids is 1. The Morgan fingerprint density at radius 3 is 2.32 bits per heavy atom. The standard InChI is InChI=1S/C12H18F3N3O3S/c1-8(2)5-18(7-12(13,14)15)22(20,21)9-4-10(11(16)19)17(3)6-9/h4,6,8H,5,7H2,1-3H3,(H2,16,19). The second-order valence-corrected chi connectivity index (χ2v) is 7.28. The quantitative estimate of drug-likeness (QED) is 0.847. The molecule has 0 atom stereocenters. The Hall–Kier alpha value is -1.55. The minimum atomic E-state index is -4.66. The largest absolute Gasteiger partial charge is 0.402 e. The minimum Gasteiger partial charge on any atom is -0.364 e. The molecule has 0 fully saturated rings. The van der Waals surface area contributed by atoms with Crippen LogP contribution in [-0.4, -0.2) is 42.5 Å². The minimum absolute atomic E-state index is 0.102. The molecule has 1 heterocycles. The number of hydrogen-bond acceptors (Lipinski definition) is 3. The van der Waals surface area contributed by atoms with Crippen LogP contribution in [0.3, 0.4) is 0 Å². The van der Waals surface area contributed by atoms with Crippen LogP contribution < -0.4 is 5.73 Å². The molecule has 1 aromatic rings. The van der Waals surface area contributed by atoms with Gasteiger partial charge in [-0.25, -0.2) is 8.42 Å². The first-order chi connectivity index (χ1) is 9.84. The van der Waals surface area contributed by atoms with Gasteiger partial charge in [0.15, 0.2) is 0 Å². The summed E-state index contributed by atoms with van der Waals surface area (Å²) in [7, 11) is -3.00. The van der Waals surface area contributed by atoms with E-state index in [1.807, 2.05) is 0 Å². The molecule has 1 aromatic heterocycles. The average molecular weight is 341 g/mol. The van der Waals surface area contributed by atoms with Crippen LogP contribution in [0.15, 0.2) is 17.2 Å². The molecular formula is C12H18F3N3O3S. The van der Waals surface area contributed by atoms with Crippen molar-refractivity contribution >= 4 is 15.9 Å². The lowest BCUT2D eigenvalue weighted by Crippen LogP contribution is -2.40. The van der Waals surface area contributed by atoms with Crippen molar-refractivity contribution in [1.29, 1.82) is 0 Å². The zero-order valence-electron chi connectivity index (χ0n) is 12.4. The molecule has 1 amide bonds. The topological polar surface area (TPSA) is 85.4 Å². The van der Waals surface area contributed by atoms with Crippen LogP contribution in [0.25, 0.3) is 0 Å². The molecule has 1 rings (SSSR count). The third kappa shape index (κ3) is 4.47. The zero-order chi connectivity index (χ0) is 17.3. The summed E-state index contributed by atoms with van der Waals surface area (Å²) in [6.07, 6.45) is -3.59. The van der Waals surface area contributed by atoms with Crippen LogP contribution >= 0.6 is 0 Å². The Labute approximate surface area is 126 Å². The van der Waals surface area contributed by atoms with Gasteiger partial charge in [0.25, 0.3) is 5.91 Å². The molecule has 0 aliphatic carbocycles. The second-order valence-electron chi connectivity index (χ2n) is 5.34. The van der Waals surface area contributed by atoms with Crippen LogP contribution in [0, 0.1) is 5.92 Å². The van der Waals surface area contributed by atoms with E-state index in [-0.39, 0.29) is 18.2 Å². The number of primary amides is 1. The van der Waals surface area contributed by atoms with Crippen molar-refractivity contribution < 1.29 is 26.4 Å². The van der Waals surface area contributed by atoms with Crippen molar-refractivity contribution in [1.82, 2.24) is 8.87 Å². The summed E-state index contributed by atoms with van der Waals surface area (Å²) >= 11 is 0. The maximum Gasteiger partial charge on any atom is 0.402 e. The average Bonchev–Trinajstić information content (AvgIpc) is 2.68. The normalized spacial score (nSPS) is 13.1. The van der Waals surface area contributed by atoms with E-state index in [4.69, 9.17) is 5.73 Å². The van der Waals surface area contributed by atoms with Gasteiger partial charge in [0.2, 0.25) is 10.0 Å². The number of nitrogens with two attached hydrogens (primary N) is 1. The number of rotatable bonds is 6. The zero-order valence-corrected chi connectivity index (χ0v) is 13.2. The van der Waals surface area contributed by atoms with E-state index in [0.29, 0.717) is 4.31 Å². The molecule has 0 aromatic carbocycles. The van der Waals surface area contributed by atoms with Crippen LogP contribution in [0.5, 0.6) is 0 Å². The van der Waals surface area contributed by atoms with Crippen molar-refractivity contribution in [2.24, 2.45) is 18.7 Å². The van der Waals surface area contributed by atoms with Gasteiger partial charge in [-0.1, -0.05) is 13.8 Å². The van der Waals surface area contributed by atoms with Crippen LogP contribution in [-0.2, 0) is 17.1 Å². The third-order valence-electron chi connectivity index (χ3n) is 2.79. The van der Waals surface area contributed by atoms with Gasteiger partial charge in [-0.05, 0) is 12.0 Å². The van der Waals surface area contributed by atoms with E-state index in [1.165, 1.54) is 7.05 Å². The van der Waals surface area contributed by atoms with Crippen molar-refractivity contribution in [3.63, 3.8) is 0 Å². The van der Waals surface area contributed by atoms with Crippen LogP contribution in [0.2, 0.25) is 0 Å². The summed E-state index contributed by atoms with van der Waals surface area (Å²) in [5, 5.41) is 0. The molecule has 0 saturated heterocycles. The number of nitrogens with zero attached hydrogens (tertiary/aromatic N) is 2. The Morgan fingerprint density at radius 2 is 1.95 bits per heavy atom. The number of halogens is 3. The molecule has 126 valence electrons. The molecule has 10 heteroatoms. The van der Waals surface area contributed by atoms with Crippen molar-refractivity contribution in [3.8, 4) is 0 Å². The lowest BCUT2D eigenvalue weighted by Gasteiger charge is -2.24. The number of sulfonamides is 1. The number of aryl methyl sites for hydroxylation is 1. The highest BCUT2D eigenvalue weighted by Crippen LogP contribution is 2.24. The van der Waals surface area contributed by atoms with E-state index < -0.39 is 33.5 Å². The van der Waals surface area contributed by atoms with Gasteiger partial charge in [-0.15, -0.1) is 0 Å². The van der Waals surface area contributed by atoms with E-state index in [9.17, 15) is 26.4 Å². The number of alkyl halides is 3. The Kier molecular flexibility index (Phi) is 5.29. The predicted molar refractivity (Wildman–Crippen MR) is 73.6 cm³/mol. The van der Waals surface area contributed by atoms with Crippen LogP contribution in [0.4, 0.5) is 13.2 Å². The fourth-order valence-corrected chi connectivity index (χ4v) is 3.58. The van der Waals surface area contributed by atoms with Gasteiger partial charge in [0, 0.05) is 19.8 Å². The maximum atomic E-state index is 12.6. The predicted octanol–water partition coefficient (Wildman–Crippen LogP) is 1.33. The Balaban J connectivity index is 3.26. The summed E-state index contributed by atoms with van der Waals surface area (Å²) in [5.74, 6) is -1.16. The summed E-state index contributed by atoms with van der Waals surface area (Å²) in [6.45, 7) is 1.34. The molecule has 6 nitrogen and oxygen atoms in total. The van der Waals surface area contributed by atoms with Crippen molar-refractivity contribution in [2.45, 2.75) is 24.9 Å². The van der Waals surface area contributed by atoms with Crippen molar-refractivity contribution in [3.05, 3.63) is 18.0 Å². The summed E-state index contributed by atoms with van der Waals surface area (Å²) in [6, 6.07) is 0.974. The SMILES string of the molecule is CC(C)CN(CC(F)(F)F)S(=O)(=O)c1cc(C(N)=O)n(C)c1. The van der Waals surface area contributed by atoms with E-state index in [0.717, 1.165) is 16.8 Å². The lowest BCUT2D eigenvalue weighted by atomic mass is 10.2. The van der Waals surface area contributed by atoms with E-state index >= 15 is 0 Å². The Bertz CT molecular complexity index is 650. The maximum absolute atomic E-state index is 12.6. The van der Waals surface area contributed by atoms with Crippen molar-refractivity contribution in [2.75, 3.05) is 13.1 Å². The number of amides is 1. The monoisotopic (exact) mass is 341 g/mol. The van der Waals surface area contributed by atoms with Gasteiger partial charge in [-0.3, -0.25) is 4.79 Å². The lowest BCUT2D eigenvalue weighted by molar-refractivity contribution is -0.136. The Morgan fingerprint density at radius 1 is 1.41 bits per heavy atom. The summed E-state index contributed by atoms with van der Waals surface area (Å²) in [4.78, 5) is 10.8. The molecule has 0 unspecified atom stereocenters. The molecule has 2 N–H and O–H groups in total. The number of carbonyl (C=O) groups is 1. The second kappa shape index (κ2) is 6.29. The summed E-state index contributed by atoms with van der Waals surface area (Å²) < 4.78 is 64.2. The van der Waals surface area contributed by atoms with E-state index in [2.05, 4.69) is 0 Å². The molecule has 0 aliphatic heterocycles. The first-order valence-electron chi connectivity index (χ1n) is 6.37. The number of hydrogen-bond donors (Lipinski definition) is 1. The smallest absolute Gasteiger partial charge is 0.364 e. The fourth-order valence-electron chi connectivity index (χ4n) is 1.92. The molecular weight excluding hydrogens is 323 g/mol. The molecule has 0 radical (unpaired) electrons. The highest BCUT2D eigenvalue weighted by molar-refractivity contribution is 7.89. The van der Waals surface area contributed by atoms with Gasteiger partial charge in [0.05, 0.1) is 0 Å². The highest BCUT2D eigenvalue weighted by atomic mass is 32.2. The molecule has 0 aliphatic rings. The number of aromatic nitrogens is 1. The van der Waals surface area contributed by atoms with E-state index in [1.54, 1.807) is 13.8 Å². The first-order valence-corrected chi connectivity index (χ1v) is 7.81. The molecule has 22 heavy (non-hydrogen) atoms. The van der Waals surface area contributed by atoms with Crippen LogP contribution in [0.1, 0.15) is 24.3 Å². The van der Waals surface area contributed by atoms with Gasteiger partial charge < -0.3 is 10.3 Å². The van der Waals surface area contributed by atoms with Gasteiger partial charge in [0.1, 0.15) is 17.1 Å². The van der Waals surface area contributed by atoms with Gasteiger partial charge >= 0.3 is 6.18 Å². The van der Waals surface area contributed by atoms with Gasteiger partial charge in [-0.2, -0.15) is 17.5 Å². The molecule has 0 spiro atoms. The third-order valence-corrected chi connectivity index (χ3v) is 4.57. The summed E-state index contributed by atoms with van der Waals surface area (Å²) in [5.41, 5.74) is 4.98. The molecule has 0 bridgehead atoms.